The van der Waals surface area contributed by atoms with Crippen molar-refractivity contribution >= 4 is 17.3 Å². The zero-order chi connectivity index (χ0) is 22.8. The fourth-order valence-corrected chi connectivity index (χ4v) is 4.41. The van der Waals surface area contributed by atoms with Gasteiger partial charge in [0.25, 0.3) is 0 Å². The highest BCUT2D eigenvalue weighted by molar-refractivity contribution is 5.93. The van der Waals surface area contributed by atoms with Crippen LogP contribution in [0.3, 0.4) is 0 Å². The maximum absolute atomic E-state index is 12.8. The molecule has 2 aliphatic rings. The summed E-state index contributed by atoms with van der Waals surface area (Å²) in [5, 5.41) is 1.92. The van der Waals surface area contributed by atoms with Crippen molar-refractivity contribution in [2.45, 2.75) is 12.3 Å². The fourth-order valence-electron chi connectivity index (χ4n) is 4.41. The van der Waals surface area contributed by atoms with Gasteiger partial charge in [0, 0.05) is 11.3 Å². The molecular formula is C28H25N3O2. The van der Waals surface area contributed by atoms with Gasteiger partial charge in [-0.25, -0.2) is 4.79 Å². The average molecular weight is 436 g/mol. The number of hydrogen-bond donors (Lipinski definition) is 2. The minimum Gasteiger partial charge on any atom is -0.461 e. The minimum atomic E-state index is -0.501. The van der Waals surface area contributed by atoms with Crippen LogP contribution in [0.1, 0.15) is 18.1 Å². The zero-order valence-corrected chi connectivity index (χ0v) is 18.4. The number of esters is 1. The number of fused-ring (bicyclic) bond motifs is 1. The highest BCUT2D eigenvalue weighted by Crippen LogP contribution is 2.44. The Morgan fingerprint density at radius 3 is 2.12 bits per heavy atom. The molecule has 0 unspecified atom stereocenters. The largest absolute Gasteiger partial charge is 0.461 e. The predicted octanol–water partition coefficient (Wildman–Crippen LogP) is 4.85. The Bertz CT molecular complexity index is 1220. The highest BCUT2D eigenvalue weighted by atomic mass is 16.5. The number of anilines is 2. The lowest BCUT2D eigenvalue weighted by molar-refractivity contribution is -0.138. The number of hydrazine groups is 1. The van der Waals surface area contributed by atoms with E-state index in [1.54, 1.807) is 6.92 Å². The van der Waals surface area contributed by atoms with E-state index >= 15 is 0 Å². The maximum Gasteiger partial charge on any atom is 0.356 e. The Labute approximate surface area is 193 Å². The number of carbonyl (C=O) groups excluding carboxylic acids is 1. The highest BCUT2D eigenvalue weighted by Gasteiger charge is 2.39. The average Bonchev–Trinajstić information content (AvgIpc) is 3.24. The van der Waals surface area contributed by atoms with Crippen molar-refractivity contribution in [2.24, 2.45) is 0 Å². The van der Waals surface area contributed by atoms with E-state index in [1.165, 1.54) is 0 Å². The molecule has 1 aliphatic heterocycles. The quantitative estimate of drug-likeness (QED) is 0.443. The molecule has 3 N–H and O–H groups in total. The van der Waals surface area contributed by atoms with E-state index in [9.17, 15) is 4.79 Å². The van der Waals surface area contributed by atoms with Gasteiger partial charge in [0.2, 0.25) is 0 Å². The van der Waals surface area contributed by atoms with Crippen molar-refractivity contribution in [1.82, 2.24) is 5.43 Å². The Morgan fingerprint density at radius 1 is 0.939 bits per heavy atom. The van der Waals surface area contributed by atoms with Gasteiger partial charge < -0.3 is 10.5 Å². The first kappa shape index (κ1) is 20.6. The molecule has 3 aromatic rings. The molecular weight excluding hydrogens is 410 g/mol. The van der Waals surface area contributed by atoms with Gasteiger partial charge in [-0.05, 0) is 48.4 Å². The van der Waals surface area contributed by atoms with Gasteiger partial charge in [-0.3, -0.25) is 10.4 Å². The van der Waals surface area contributed by atoms with Crippen LogP contribution in [0.4, 0.5) is 11.4 Å². The second kappa shape index (κ2) is 8.36. The van der Waals surface area contributed by atoms with Crippen molar-refractivity contribution in [1.29, 1.82) is 0 Å². The van der Waals surface area contributed by atoms with Crippen molar-refractivity contribution in [3.05, 3.63) is 131 Å². The number of benzene rings is 3. The second-order valence-corrected chi connectivity index (χ2v) is 8.01. The molecule has 0 saturated heterocycles. The van der Waals surface area contributed by atoms with Gasteiger partial charge >= 0.3 is 5.97 Å². The van der Waals surface area contributed by atoms with Gasteiger partial charge in [-0.15, -0.1) is 0 Å². The lowest BCUT2D eigenvalue weighted by Crippen LogP contribution is -2.35. The molecule has 0 atom stereocenters. The van der Waals surface area contributed by atoms with Crippen LogP contribution < -0.4 is 16.2 Å². The third kappa shape index (κ3) is 3.57. The van der Waals surface area contributed by atoms with Gasteiger partial charge in [0.15, 0.2) is 0 Å². The van der Waals surface area contributed by atoms with Crippen LogP contribution in [0.5, 0.6) is 0 Å². The molecule has 0 radical (unpaired) electrons. The molecule has 164 valence electrons. The lowest BCUT2D eigenvalue weighted by atomic mass is 9.71. The van der Waals surface area contributed by atoms with Gasteiger partial charge in [0.1, 0.15) is 5.70 Å². The van der Waals surface area contributed by atoms with Crippen molar-refractivity contribution in [2.75, 3.05) is 17.3 Å². The predicted molar refractivity (Wildman–Crippen MR) is 131 cm³/mol. The first-order valence-electron chi connectivity index (χ1n) is 11.0. The van der Waals surface area contributed by atoms with E-state index < -0.39 is 5.41 Å². The summed E-state index contributed by atoms with van der Waals surface area (Å²) in [5.74, 6) is -0.382. The van der Waals surface area contributed by atoms with E-state index in [1.807, 2.05) is 71.7 Å². The van der Waals surface area contributed by atoms with Crippen LogP contribution in [0.2, 0.25) is 0 Å². The van der Waals surface area contributed by atoms with Crippen LogP contribution in [0.15, 0.2) is 120 Å². The van der Waals surface area contributed by atoms with Crippen molar-refractivity contribution < 1.29 is 9.53 Å². The summed E-state index contributed by atoms with van der Waals surface area (Å²) in [5.41, 5.74) is 14.6. The molecule has 0 spiro atoms. The summed E-state index contributed by atoms with van der Waals surface area (Å²) in [4.78, 5) is 12.8. The number of hydrogen-bond acceptors (Lipinski definition) is 5. The molecule has 5 heteroatoms. The van der Waals surface area contributed by atoms with Gasteiger partial charge in [0.05, 0.1) is 23.4 Å². The molecule has 0 bridgehead atoms. The van der Waals surface area contributed by atoms with Crippen LogP contribution >= 0.6 is 0 Å². The summed E-state index contributed by atoms with van der Waals surface area (Å²) >= 11 is 0. The Kier molecular flexibility index (Phi) is 5.23. The van der Waals surface area contributed by atoms with Crippen LogP contribution in [-0.2, 0) is 14.9 Å². The normalized spacial score (nSPS) is 16.2. The number of rotatable bonds is 5. The number of nitrogens with one attached hydrogen (secondary N) is 1. The number of nitrogens with two attached hydrogens (primary N) is 1. The topological polar surface area (TPSA) is 67.6 Å². The molecule has 0 aromatic heterocycles. The molecule has 1 aliphatic carbocycles. The van der Waals surface area contributed by atoms with E-state index in [4.69, 9.17) is 10.5 Å². The summed E-state index contributed by atoms with van der Waals surface area (Å²) in [7, 11) is 0. The van der Waals surface area contributed by atoms with Gasteiger partial charge in [-0.1, -0.05) is 72.8 Å². The molecule has 3 aromatic carbocycles. The standard InChI is InChI=1S/C28H25N3O2/c1-2-33-27(32)26-24-17-18-28(20-9-5-3-6-10-20,21-11-7-4-8-12-21)19-25(24)31(30-26)23-15-13-22(29)14-16-23/h3-19,30H,2,29H2,1H3. The van der Waals surface area contributed by atoms with Gasteiger partial charge in [-0.2, -0.15) is 0 Å². The fraction of sp³-hybridized carbons (Fsp3) is 0.107. The number of nitrogen functional groups attached to an aromatic ring is 1. The third-order valence-electron chi connectivity index (χ3n) is 6.02. The molecule has 5 rings (SSSR count). The first-order valence-corrected chi connectivity index (χ1v) is 11.0. The molecule has 0 amide bonds. The Hall–Kier alpha value is -4.25. The van der Waals surface area contributed by atoms with Crippen molar-refractivity contribution in [3.8, 4) is 0 Å². The number of carbonyl (C=O) groups is 1. The monoisotopic (exact) mass is 435 g/mol. The van der Waals surface area contributed by atoms with Crippen LogP contribution in [0, 0.1) is 0 Å². The maximum atomic E-state index is 12.8. The van der Waals surface area contributed by atoms with Crippen LogP contribution in [-0.4, -0.2) is 12.6 Å². The van der Waals surface area contributed by atoms with Crippen molar-refractivity contribution in [3.63, 3.8) is 0 Å². The first-order chi connectivity index (χ1) is 16.1. The van der Waals surface area contributed by atoms with E-state index in [-0.39, 0.29) is 5.97 Å². The molecule has 33 heavy (non-hydrogen) atoms. The summed E-state index contributed by atoms with van der Waals surface area (Å²) < 4.78 is 5.33. The molecule has 5 nitrogen and oxygen atoms in total. The summed E-state index contributed by atoms with van der Waals surface area (Å²) in [6.07, 6.45) is 6.39. The second-order valence-electron chi connectivity index (χ2n) is 8.01. The summed E-state index contributed by atoms with van der Waals surface area (Å²) in [6, 6.07) is 28.3. The molecule has 0 saturated carbocycles. The number of ether oxygens (including phenoxy) is 1. The Balaban J connectivity index is 1.72. The van der Waals surface area contributed by atoms with E-state index in [2.05, 4.69) is 41.8 Å². The summed E-state index contributed by atoms with van der Waals surface area (Å²) in [6.45, 7) is 2.11. The SMILES string of the molecule is CCOC(=O)C1=C2C=CC(c3ccccc3)(c3ccccc3)C=C2N(c2ccc(N)cc2)N1. The smallest absolute Gasteiger partial charge is 0.356 e. The third-order valence-corrected chi connectivity index (χ3v) is 6.02. The lowest BCUT2D eigenvalue weighted by Gasteiger charge is -2.34. The minimum absolute atomic E-state index is 0.305. The number of allylic oxidation sites excluding steroid dienone is 3. The van der Waals surface area contributed by atoms with Crippen LogP contribution in [0.25, 0.3) is 0 Å². The zero-order valence-electron chi connectivity index (χ0n) is 18.4. The number of nitrogens with zero attached hydrogens (tertiary/aromatic N) is 1. The molecule has 0 fully saturated rings. The molecule has 1 heterocycles. The van der Waals surface area contributed by atoms with E-state index in [0.29, 0.717) is 18.0 Å². The van der Waals surface area contributed by atoms with E-state index in [0.717, 1.165) is 28.1 Å². The Morgan fingerprint density at radius 2 is 1.55 bits per heavy atom.